The molecule has 0 spiro atoms. The second-order valence-electron chi connectivity index (χ2n) is 4.06. The number of nitrogens with zero attached hydrogens (tertiary/aromatic N) is 1. The van der Waals surface area contributed by atoms with Gasteiger partial charge in [-0.1, -0.05) is 48.0 Å². The fourth-order valence-corrected chi connectivity index (χ4v) is 2.80. The van der Waals surface area contributed by atoms with Gasteiger partial charge in [0.15, 0.2) is 4.47 Å². The first-order valence-corrected chi connectivity index (χ1v) is 6.89. The number of hydrogen-bond donors (Lipinski definition) is 0. The predicted molar refractivity (Wildman–Crippen MR) is 78.0 cm³/mol. The smallest absolute Gasteiger partial charge is 0.184 e. The van der Waals surface area contributed by atoms with Crippen molar-refractivity contribution >= 4 is 22.9 Å². The van der Waals surface area contributed by atoms with Crippen LogP contribution in [0.5, 0.6) is 0 Å². The highest BCUT2D eigenvalue weighted by atomic mass is 35.5. The molecule has 0 fully saturated rings. The van der Waals surface area contributed by atoms with Gasteiger partial charge in [0.25, 0.3) is 0 Å². The van der Waals surface area contributed by atoms with Crippen LogP contribution in [0.15, 0.2) is 54.7 Å². The highest BCUT2D eigenvalue weighted by molar-refractivity contribution is 7.18. The van der Waals surface area contributed by atoms with Gasteiger partial charge in [-0.05, 0) is 28.8 Å². The highest BCUT2D eigenvalue weighted by Gasteiger charge is 2.03. The van der Waals surface area contributed by atoms with E-state index in [0.717, 1.165) is 21.6 Å². The zero-order valence-corrected chi connectivity index (χ0v) is 11.4. The number of rotatable bonds is 2. The van der Waals surface area contributed by atoms with Crippen LogP contribution in [0.2, 0.25) is 4.47 Å². The molecule has 0 aliphatic carbocycles. The minimum absolute atomic E-state index is 0.223. The van der Waals surface area contributed by atoms with Crippen LogP contribution in [-0.4, -0.2) is 4.98 Å². The van der Waals surface area contributed by atoms with Crippen molar-refractivity contribution in [2.24, 2.45) is 0 Å². The molecule has 0 aliphatic heterocycles. The van der Waals surface area contributed by atoms with E-state index in [1.54, 1.807) is 18.3 Å². The Morgan fingerprint density at radius 3 is 1.89 bits per heavy atom. The molecule has 0 unspecified atom stereocenters. The van der Waals surface area contributed by atoms with Crippen molar-refractivity contribution in [1.29, 1.82) is 0 Å². The molecule has 0 bridgehead atoms. The molecule has 0 N–H and O–H groups in total. The largest absolute Gasteiger partial charge is 0.233 e. The number of hydrogen-bond acceptors (Lipinski definition) is 2. The van der Waals surface area contributed by atoms with Crippen molar-refractivity contribution in [1.82, 2.24) is 4.98 Å². The van der Waals surface area contributed by atoms with Crippen molar-refractivity contribution in [2.45, 2.75) is 0 Å². The summed E-state index contributed by atoms with van der Waals surface area (Å²) in [5.41, 5.74) is 3.13. The van der Waals surface area contributed by atoms with Crippen LogP contribution in [0.3, 0.4) is 0 Å². The topological polar surface area (TPSA) is 12.9 Å². The Labute approximate surface area is 119 Å². The van der Waals surface area contributed by atoms with E-state index in [2.05, 4.69) is 4.98 Å². The Bertz CT molecular complexity index is 689. The lowest BCUT2D eigenvalue weighted by Gasteiger charge is -2.03. The molecule has 19 heavy (non-hydrogen) atoms. The maximum Gasteiger partial charge on any atom is 0.184 e. The minimum atomic E-state index is -0.223. The Morgan fingerprint density at radius 1 is 0.842 bits per heavy atom. The summed E-state index contributed by atoms with van der Waals surface area (Å²) in [5.74, 6) is -0.223. The summed E-state index contributed by atoms with van der Waals surface area (Å²) in [7, 11) is 0. The van der Waals surface area contributed by atoms with Gasteiger partial charge in [-0.3, -0.25) is 0 Å². The zero-order valence-electron chi connectivity index (χ0n) is 9.81. The van der Waals surface area contributed by atoms with Gasteiger partial charge in [0.05, 0.1) is 4.88 Å². The lowest BCUT2D eigenvalue weighted by molar-refractivity contribution is 0.628. The van der Waals surface area contributed by atoms with Gasteiger partial charge < -0.3 is 0 Å². The molecule has 0 aliphatic rings. The number of aromatic nitrogens is 1. The molecule has 94 valence electrons. The minimum Gasteiger partial charge on any atom is -0.233 e. The molecule has 1 aromatic heterocycles. The van der Waals surface area contributed by atoms with Crippen LogP contribution >= 0.6 is 22.9 Å². The Balaban J connectivity index is 1.92. The van der Waals surface area contributed by atoms with Crippen molar-refractivity contribution in [3.05, 3.63) is 65.0 Å². The van der Waals surface area contributed by atoms with Crippen molar-refractivity contribution < 1.29 is 4.39 Å². The van der Waals surface area contributed by atoms with Gasteiger partial charge in [0.1, 0.15) is 5.82 Å². The molecule has 0 atom stereocenters. The van der Waals surface area contributed by atoms with Crippen molar-refractivity contribution in [3.8, 4) is 21.6 Å². The van der Waals surface area contributed by atoms with Gasteiger partial charge in [0.2, 0.25) is 0 Å². The van der Waals surface area contributed by atoms with E-state index in [-0.39, 0.29) is 5.82 Å². The fourth-order valence-electron chi connectivity index (χ4n) is 1.86. The van der Waals surface area contributed by atoms with Gasteiger partial charge >= 0.3 is 0 Å². The number of benzene rings is 2. The van der Waals surface area contributed by atoms with Crippen LogP contribution in [0.1, 0.15) is 0 Å². The van der Waals surface area contributed by atoms with E-state index in [9.17, 15) is 4.39 Å². The monoisotopic (exact) mass is 289 g/mol. The standard InChI is InChI=1S/C15H9ClFNS/c16-15-18-9-14(19-15)12-3-1-10(2-4-12)11-5-7-13(17)8-6-11/h1-9H. The SMILES string of the molecule is Fc1ccc(-c2ccc(-c3cnc(Cl)s3)cc2)cc1. The van der Waals surface area contributed by atoms with Gasteiger partial charge in [-0.15, -0.1) is 11.3 Å². The third-order valence-corrected chi connectivity index (χ3v) is 3.99. The molecule has 1 nitrogen and oxygen atoms in total. The lowest BCUT2D eigenvalue weighted by atomic mass is 10.0. The van der Waals surface area contributed by atoms with Crippen molar-refractivity contribution in [3.63, 3.8) is 0 Å². The molecule has 1 heterocycles. The lowest BCUT2D eigenvalue weighted by Crippen LogP contribution is -1.79. The summed E-state index contributed by atoms with van der Waals surface area (Å²) in [6.07, 6.45) is 1.76. The van der Waals surface area contributed by atoms with Crippen LogP contribution in [0, 0.1) is 5.82 Å². The average Bonchev–Trinajstić information content (AvgIpc) is 2.87. The van der Waals surface area contributed by atoms with E-state index in [1.807, 2.05) is 24.3 Å². The van der Waals surface area contributed by atoms with Crippen LogP contribution in [0.25, 0.3) is 21.6 Å². The molecule has 0 amide bonds. The summed E-state index contributed by atoms with van der Waals surface area (Å²) < 4.78 is 13.4. The van der Waals surface area contributed by atoms with Gasteiger partial charge in [-0.2, -0.15) is 0 Å². The first-order valence-electron chi connectivity index (χ1n) is 5.70. The Morgan fingerprint density at radius 2 is 1.37 bits per heavy atom. The first-order chi connectivity index (χ1) is 9.22. The summed E-state index contributed by atoms with van der Waals surface area (Å²) in [4.78, 5) is 5.06. The molecule has 3 aromatic rings. The maximum absolute atomic E-state index is 12.9. The number of thiazole rings is 1. The Hall–Kier alpha value is -1.71. The fraction of sp³-hybridized carbons (Fsp3) is 0. The van der Waals surface area contributed by atoms with E-state index in [0.29, 0.717) is 4.47 Å². The molecular weight excluding hydrogens is 281 g/mol. The van der Waals surface area contributed by atoms with Gasteiger partial charge in [-0.25, -0.2) is 9.37 Å². The van der Waals surface area contributed by atoms with Crippen LogP contribution in [-0.2, 0) is 0 Å². The van der Waals surface area contributed by atoms with Gasteiger partial charge in [0, 0.05) is 6.20 Å². The number of halogens is 2. The summed E-state index contributed by atoms with van der Waals surface area (Å²) in [6, 6.07) is 14.5. The van der Waals surface area contributed by atoms with E-state index >= 15 is 0 Å². The third-order valence-electron chi connectivity index (χ3n) is 2.82. The highest BCUT2D eigenvalue weighted by Crippen LogP contribution is 2.30. The van der Waals surface area contributed by atoms with E-state index < -0.39 is 0 Å². The van der Waals surface area contributed by atoms with E-state index in [4.69, 9.17) is 11.6 Å². The Kier molecular flexibility index (Phi) is 3.32. The van der Waals surface area contributed by atoms with Crippen LogP contribution < -0.4 is 0 Å². The second kappa shape index (κ2) is 5.11. The first kappa shape index (κ1) is 12.3. The molecular formula is C15H9ClFNS. The van der Waals surface area contributed by atoms with Crippen LogP contribution in [0.4, 0.5) is 4.39 Å². The third kappa shape index (κ3) is 2.67. The van der Waals surface area contributed by atoms with E-state index in [1.165, 1.54) is 23.5 Å². The molecule has 4 heteroatoms. The average molecular weight is 290 g/mol. The van der Waals surface area contributed by atoms with Crippen molar-refractivity contribution in [2.75, 3.05) is 0 Å². The zero-order chi connectivity index (χ0) is 13.2. The molecule has 0 radical (unpaired) electrons. The molecule has 0 saturated carbocycles. The quantitative estimate of drug-likeness (QED) is 0.626. The molecule has 0 saturated heterocycles. The predicted octanol–water partition coefficient (Wildman–Crippen LogP) is 5.27. The second-order valence-corrected chi connectivity index (χ2v) is 5.67. The maximum atomic E-state index is 12.9. The summed E-state index contributed by atoms with van der Waals surface area (Å²) in [6.45, 7) is 0. The summed E-state index contributed by atoms with van der Waals surface area (Å²) >= 11 is 7.27. The molecule has 2 aromatic carbocycles. The normalized spacial score (nSPS) is 10.6. The molecule has 3 rings (SSSR count). The summed E-state index contributed by atoms with van der Waals surface area (Å²) in [5, 5.41) is 0.